The van der Waals surface area contributed by atoms with Gasteiger partial charge in [-0.1, -0.05) is 0 Å². The van der Waals surface area contributed by atoms with Crippen molar-refractivity contribution in [2.24, 2.45) is 0 Å². The van der Waals surface area contributed by atoms with Gasteiger partial charge in [-0.15, -0.1) is 22.7 Å². The number of thiophene rings is 2. The molecule has 0 fully saturated rings. The fraction of sp³-hybridized carbons (Fsp3) is 0.250. The third-order valence-corrected chi connectivity index (χ3v) is 5.02. The van der Waals surface area contributed by atoms with E-state index < -0.39 is 0 Å². The Kier molecular flexibility index (Phi) is 1.82. The van der Waals surface area contributed by atoms with Crippen LogP contribution in [0.25, 0.3) is 9.40 Å². The van der Waals surface area contributed by atoms with Crippen molar-refractivity contribution < 1.29 is 0 Å². The molecule has 2 aromatic heterocycles. The van der Waals surface area contributed by atoms with Crippen LogP contribution in [-0.2, 0) is 0 Å². The van der Waals surface area contributed by atoms with Crippen LogP contribution in [0.15, 0.2) is 9.85 Å². The van der Waals surface area contributed by atoms with E-state index in [1.807, 2.05) is 22.7 Å². The van der Waals surface area contributed by atoms with E-state index >= 15 is 0 Å². The molecule has 0 atom stereocenters. The average Bonchev–Trinajstić information content (AvgIpc) is 2.37. The van der Waals surface area contributed by atoms with Crippen LogP contribution in [0.2, 0.25) is 0 Å². The Balaban J connectivity index is 2.88. The van der Waals surface area contributed by atoms with Gasteiger partial charge in [-0.3, -0.25) is 0 Å². The molecule has 0 bridgehead atoms. The minimum Gasteiger partial charge on any atom is -0.130 e. The Hall–Kier alpha value is 0.140. The highest BCUT2D eigenvalue weighted by molar-refractivity contribution is 9.11. The van der Waals surface area contributed by atoms with Gasteiger partial charge in [0.15, 0.2) is 0 Å². The molecule has 0 nitrogen and oxygen atoms in total. The summed E-state index contributed by atoms with van der Waals surface area (Å²) in [6, 6.07) is 2.26. The highest BCUT2D eigenvalue weighted by Gasteiger charge is 2.07. The summed E-state index contributed by atoms with van der Waals surface area (Å²) in [4.78, 5) is 1.40. The minimum absolute atomic E-state index is 1.28. The summed E-state index contributed by atoms with van der Waals surface area (Å²) in [5.41, 5.74) is 1.38. The monoisotopic (exact) mass is 246 g/mol. The van der Waals surface area contributed by atoms with Gasteiger partial charge in [0, 0.05) is 10.3 Å². The maximum absolute atomic E-state index is 3.54. The minimum atomic E-state index is 1.28. The average molecular weight is 247 g/mol. The molecule has 0 unspecified atom stereocenters. The molecule has 0 radical (unpaired) electrons. The second-order valence-corrected chi connectivity index (χ2v) is 6.41. The van der Waals surface area contributed by atoms with Crippen molar-refractivity contribution in [3.05, 3.63) is 20.3 Å². The van der Waals surface area contributed by atoms with Crippen molar-refractivity contribution in [2.75, 3.05) is 0 Å². The maximum atomic E-state index is 3.54. The van der Waals surface area contributed by atoms with Crippen molar-refractivity contribution >= 4 is 48.0 Å². The number of rotatable bonds is 0. The van der Waals surface area contributed by atoms with Crippen LogP contribution >= 0.6 is 38.6 Å². The predicted octanol–water partition coefficient (Wildman–Crippen LogP) is 4.34. The van der Waals surface area contributed by atoms with E-state index in [0.717, 1.165) is 0 Å². The number of hydrogen-bond acceptors (Lipinski definition) is 2. The van der Waals surface area contributed by atoms with E-state index in [2.05, 4.69) is 35.8 Å². The van der Waals surface area contributed by atoms with E-state index in [0.29, 0.717) is 0 Å². The zero-order valence-electron chi connectivity index (χ0n) is 6.27. The molecular weight excluding hydrogens is 240 g/mol. The lowest BCUT2D eigenvalue weighted by Crippen LogP contribution is -1.62. The molecule has 11 heavy (non-hydrogen) atoms. The molecule has 2 aromatic rings. The molecule has 2 heterocycles. The molecule has 2 rings (SSSR count). The van der Waals surface area contributed by atoms with Gasteiger partial charge < -0.3 is 0 Å². The summed E-state index contributed by atoms with van der Waals surface area (Å²) in [6.45, 7) is 4.32. The zero-order chi connectivity index (χ0) is 8.01. The first-order chi connectivity index (χ1) is 5.18. The standard InChI is InChI=1S/C8H7BrS2/c1-4-3-6-5(2)7(9)11-8(6)10-4/h3H,1-2H3. The lowest BCUT2D eigenvalue weighted by molar-refractivity contribution is 1.56. The SMILES string of the molecule is Cc1cc2c(C)c(Br)sc2s1. The molecule has 0 N–H and O–H groups in total. The number of fused-ring (bicyclic) bond motifs is 1. The zero-order valence-corrected chi connectivity index (χ0v) is 9.49. The van der Waals surface area contributed by atoms with Gasteiger partial charge in [0.05, 0.1) is 7.80 Å². The van der Waals surface area contributed by atoms with Crippen molar-refractivity contribution in [3.63, 3.8) is 0 Å². The summed E-state index contributed by atoms with van der Waals surface area (Å²) < 4.78 is 2.71. The van der Waals surface area contributed by atoms with Gasteiger partial charge in [-0.25, -0.2) is 0 Å². The highest BCUT2D eigenvalue weighted by Crippen LogP contribution is 2.39. The summed E-state index contributed by atoms with van der Waals surface area (Å²) in [6.07, 6.45) is 0. The number of aryl methyl sites for hydroxylation is 2. The summed E-state index contributed by atoms with van der Waals surface area (Å²) in [7, 11) is 0. The van der Waals surface area contributed by atoms with Crippen molar-refractivity contribution in [1.82, 2.24) is 0 Å². The van der Waals surface area contributed by atoms with Crippen LogP contribution in [-0.4, -0.2) is 0 Å². The van der Waals surface area contributed by atoms with E-state index in [4.69, 9.17) is 0 Å². The van der Waals surface area contributed by atoms with Crippen molar-refractivity contribution in [3.8, 4) is 0 Å². The molecule has 0 saturated carbocycles. The molecule has 0 aliphatic heterocycles. The summed E-state index contributed by atoms with van der Waals surface area (Å²) in [5.74, 6) is 0. The van der Waals surface area contributed by atoms with Gasteiger partial charge in [-0.05, 0) is 41.4 Å². The molecule has 3 heteroatoms. The first-order valence-electron chi connectivity index (χ1n) is 3.33. The van der Waals surface area contributed by atoms with Gasteiger partial charge >= 0.3 is 0 Å². The fourth-order valence-corrected chi connectivity index (χ4v) is 4.46. The van der Waals surface area contributed by atoms with Gasteiger partial charge in [0.2, 0.25) is 0 Å². The molecule has 0 aliphatic carbocycles. The molecule has 0 spiro atoms. The summed E-state index contributed by atoms with van der Waals surface area (Å²) in [5, 5.41) is 1.42. The van der Waals surface area contributed by atoms with Crippen LogP contribution < -0.4 is 0 Å². The Bertz CT molecular complexity index is 397. The van der Waals surface area contributed by atoms with Crippen molar-refractivity contribution in [1.29, 1.82) is 0 Å². The molecule has 58 valence electrons. The molecule has 0 aromatic carbocycles. The van der Waals surface area contributed by atoms with E-state index in [-0.39, 0.29) is 0 Å². The van der Waals surface area contributed by atoms with Gasteiger partial charge in [0.25, 0.3) is 0 Å². The van der Waals surface area contributed by atoms with Gasteiger partial charge in [-0.2, -0.15) is 0 Å². The van der Waals surface area contributed by atoms with Crippen LogP contribution in [0.1, 0.15) is 10.4 Å². The maximum Gasteiger partial charge on any atom is 0.0882 e. The van der Waals surface area contributed by atoms with Crippen LogP contribution in [0, 0.1) is 13.8 Å². The van der Waals surface area contributed by atoms with Crippen LogP contribution in [0.4, 0.5) is 0 Å². The lowest BCUT2D eigenvalue weighted by atomic mass is 10.3. The van der Waals surface area contributed by atoms with Crippen molar-refractivity contribution in [2.45, 2.75) is 13.8 Å². The third-order valence-electron chi connectivity index (χ3n) is 1.70. The topological polar surface area (TPSA) is 0 Å². The Morgan fingerprint density at radius 2 is 2.00 bits per heavy atom. The fourth-order valence-electron chi connectivity index (χ4n) is 1.09. The largest absolute Gasteiger partial charge is 0.130 e. The molecular formula is C8H7BrS2. The lowest BCUT2D eigenvalue weighted by Gasteiger charge is -1.83. The summed E-state index contributed by atoms with van der Waals surface area (Å²) >= 11 is 7.25. The van der Waals surface area contributed by atoms with Crippen LogP contribution in [0.5, 0.6) is 0 Å². The number of halogens is 1. The normalized spacial score (nSPS) is 11.2. The Morgan fingerprint density at radius 3 is 2.64 bits per heavy atom. The first-order valence-corrected chi connectivity index (χ1v) is 5.76. The van der Waals surface area contributed by atoms with E-state index in [1.54, 1.807) is 0 Å². The second kappa shape index (κ2) is 2.57. The third kappa shape index (κ3) is 1.15. The molecule has 0 aliphatic rings. The number of hydrogen-bond donors (Lipinski definition) is 0. The van der Waals surface area contributed by atoms with E-state index in [1.165, 1.54) is 23.6 Å². The van der Waals surface area contributed by atoms with E-state index in [9.17, 15) is 0 Å². The second-order valence-electron chi connectivity index (χ2n) is 2.56. The first kappa shape index (κ1) is 7.77. The van der Waals surface area contributed by atoms with Crippen LogP contribution in [0.3, 0.4) is 0 Å². The molecule has 0 amide bonds. The highest BCUT2D eigenvalue weighted by atomic mass is 79.9. The smallest absolute Gasteiger partial charge is 0.0882 e. The predicted molar refractivity (Wildman–Crippen MR) is 56.9 cm³/mol. The Labute approximate surface area is 82.0 Å². The quantitative estimate of drug-likeness (QED) is 0.649. The molecule has 0 saturated heterocycles. The Morgan fingerprint density at radius 1 is 1.27 bits per heavy atom. The van der Waals surface area contributed by atoms with Gasteiger partial charge in [0.1, 0.15) is 0 Å².